The fraction of sp³-hybridized carbons (Fsp3) is 0.296. The number of aliphatic hydroxyl groups excluding tert-OH is 1. The molecule has 178 valence electrons. The Hall–Kier alpha value is -2.84. The van der Waals surface area contributed by atoms with E-state index < -0.39 is 6.29 Å². The lowest BCUT2D eigenvalue weighted by Gasteiger charge is -2.36. The van der Waals surface area contributed by atoms with Crippen LogP contribution in [0.1, 0.15) is 42.4 Å². The molecule has 4 rings (SSSR count). The van der Waals surface area contributed by atoms with Crippen molar-refractivity contribution in [1.29, 1.82) is 0 Å². The van der Waals surface area contributed by atoms with E-state index in [0.29, 0.717) is 12.2 Å². The summed E-state index contributed by atoms with van der Waals surface area (Å²) in [5.74, 6) is 0.811. The first-order valence-corrected chi connectivity index (χ1v) is 12.5. The lowest BCUT2D eigenvalue weighted by atomic mass is 10.0. The van der Waals surface area contributed by atoms with Crippen molar-refractivity contribution in [2.45, 2.75) is 43.3 Å². The predicted octanol–water partition coefficient (Wildman–Crippen LogP) is 5.66. The molecule has 1 heterocycles. The zero-order valence-electron chi connectivity index (χ0n) is 19.1. The number of anilines is 1. The highest BCUT2D eigenvalue weighted by Gasteiger charge is 2.32. The Labute approximate surface area is 204 Å². The minimum absolute atomic E-state index is 0.000363. The predicted molar refractivity (Wildman–Crippen MR) is 135 cm³/mol. The molecule has 3 N–H and O–H groups in total. The first-order chi connectivity index (χ1) is 16.6. The van der Waals surface area contributed by atoms with Gasteiger partial charge in [-0.1, -0.05) is 54.6 Å². The summed E-state index contributed by atoms with van der Waals surface area (Å²) in [6.07, 6.45) is 0.0998. The van der Waals surface area contributed by atoms with Crippen LogP contribution >= 0.6 is 11.8 Å². The first-order valence-electron chi connectivity index (χ1n) is 11.5. The maximum Gasteiger partial charge on any atom is 0.319 e. The lowest BCUT2D eigenvalue weighted by Crippen LogP contribution is -2.31. The summed E-state index contributed by atoms with van der Waals surface area (Å²) in [6, 6.07) is 25.5. The van der Waals surface area contributed by atoms with E-state index in [1.54, 1.807) is 11.8 Å². The number of nitrogens with one attached hydrogen (secondary N) is 2. The lowest BCUT2D eigenvalue weighted by molar-refractivity contribution is -0.245. The van der Waals surface area contributed by atoms with Crippen molar-refractivity contribution in [2.24, 2.45) is 0 Å². The first kappa shape index (κ1) is 24.3. The molecule has 0 radical (unpaired) electrons. The standard InChI is InChI=1S/C27H30N2O4S/c1-2-28-27(31)29-22-14-12-21(13-15-22)26-32-23(18-34-24-6-4-3-5-7-24)16-25(33-26)20-10-8-19(17-30)9-11-20/h3-15,23,25-26,30H,2,16-18H2,1H3,(H2,28,29,31). The van der Waals surface area contributed by atoms with E-state index in [1.165, 1.54) is 4.90 Å². The highest BCUT2D eigenvalue weighted by Crippen LogP contribution is 2.39. The van der Waals surface area contributed by atoms with Gasteiger partial charge in [0.1, 0.15) is 0 Å². The van der Waals surface area contributed by atoms with Crippen LogP contribution in [0.25, 0.3) is 0 Å². The number of hydrogen-bond donors (Lipinski definition) is 3. The molecule has 0 saturated carbocycles. The fourth-order valence-corrected chi connectivity index (χ4v) is 4.73. The SMILES string of the molecule is CCNC(=O)Nc1ccc(C2OC(CSc3ccccc3)CC(c3ccc(CO)cc3)O2)cc1. The minimum atomic E-state index is -0.517. The van der Waals surface area contributed by atoms with Crippen molar-refractivity contribution < 1.29 is 19.4 Å². The van der Waals surface area contributed by atoms with Crippen LogP contribution in [0, 0.1) is 0 Å². The molecule has 0 spiro atoms. The summed E-state index contributed by atoms with van der Waals surface area (Å²) >= 11 is 1.77. The van der Waals surface area contributed by atoms with Gasteiger partial charge in [-0.2, -0.15) is 0 Å². The highest BCUT2D eigenvalue weighted by molar-refractivity contribution is 7.99. The van der Waals surface area contributed by atoms with Crippen molar-refractivity contribution in [2.75, 3.05) is 17.6 Å². The average Bonchev–Trinajstić information content (AvgIpc) is 2.88. The third-order valence-corrected chi connectivity index (χ3v) is 6.72. The smallest absolute Gasteiger partial charge is 0.319 e. The van der Waals surface area contributed by atoms with Crippen molar-refractivity contribution in [3.8, 4) is 0 Å². The molecule has 1 aliphatic heterocycles. The monoisotopic (exact) mass is 478 g/mol. The van der Waals surface area contributed by atoms with E-state index in [4.69, 9.17) is 9.47 Å². The molecule has 3 atom stereocenters. The van der Waals surface area contributed by atoms with E-state index in [9.17, 15) is 9.90 Å². The number of thioether (sulfide) groups is 1. The molecule has 6 nitrogen and oxygen atoms in total. The van der Waals surface area contributed by atoms with Crippen LogP contribution < -0.4 is 10.6 Å². The molecule has 34 heavy (non-hydrogen) atoms. The third kappa shape index (κ3) is 6.61. The summed E-state index contributed by atoms with van der Waals surface area (Å²) in [4.78, 5) is 13.0. The van der Waals surface area contributed by atoms with Crippen molar-refractivity contribution in [1.82, 2.24) is 5.32 Å². The normalized spacial score (nSPS) is 20.0. The van der Waals surface area contributed by atoms with Gasteiger partial charge in [-0.25, -0.2) is 4.79 Å². The number of benzene rings is 3. The van der Waals surface area contributed by atoms with E-state index in [2.05, 4.69) is 22.8 Å². The summed E-state index contributed by atoms with van der Waals surface area (Å²) in [7, 11) is 0. The van der Waals surface area contributed by atoms with Gasteiger partial charge < -0.3 is 25.2 Å². The number of urea groups is 1. The summed E-state index contributed by atoms with van der Waals surface area (Å²) < 4.78 is 12.7. The molecule has 0 bridgehead atoms. The summed E-state index contributed by atoms with van der Waals surface area (Å²) in [5, 5.41) is 14.9. The Bertz CT molecular complexity index is 1040. The molecule has 7 heteroatoms. The number of hydrogen-bond acceptors (Lipinski definition) is 5. The second kappa shape index (κ2) is 12.0. The molecule has 2 amide bonds. The zero-order chi connectivity index (χ0) is 23.8. The molecule has 3 aromatic carbocycles. The zero-order valence-corrected chi connectivity index (χ0v) is 20.0. The van der Waals surface area contributed by atoms with Crippen LogP contribution in [0.3, 0.4) is 0 Å². The minimum Gasteiger partial charge on any atom is -0.392 e. The van der Waals surface area contributed by atoms with Crippen molar-refractivity contribution in [3.63, 3.8) is 0 Å². The third-order valence-electron chi connectivity index (χ3n) is 5.57. The number of aliphatic hydroxyl groups is 1. The summed E-state index contributed by atoms with van der Waals surface area (Å²) in [6.45, 7) is 2.46. The number of ether oxygens (including phenoxy) is 2. The molecule has 1 fully saturated rings. The Morgan fingerprint density at radius 3 is 2.35 bits per heavy atom. The molecule has 1 saturated heterocycles. The van der Waals surface area contributed by atoms with Gasteiger partial charge in [0.2, 0.25) is 0 Å². The van der Waals surface area contributed by atoms with Gasteiger partial charge in [-0.3, -0.25) is 0 Å². The van der Waals surface area contributed by atoms with Gasteiger partial charge in [0.05, 0.1) is 18.8 Å². The molecule has 3 aromatic rings. The maximum atomic E-state index is 11.8. The Morgan fingerprint density at radius 2 is 1.68 bits per heavy atom. The average molecular weight is 479 g/mol. The van der Waals surface area contributed by atoms with Crippen LogP contribution in [-0.4, -0.2) is 29.5 Å². The van der Waals surface area contributed by atoms with E-state index in [-0.39, 0.29) is 24.8 Å². The van der Waals surface area contributed by atoms with Crippen molar-refractivity contribution >= 4 is 23.5 Å². The van der Waals surface area contributed by atoms with E-state index in [1.807, 2.05) is 73.7 Å². The highest BCUT2D eigenvalue weighted by atomic mass is 32.2. The maximum absolute atomic E-state index is 11.8. The molecule has 1 aliphatic rings. The second-order valence-electron chi connectivity index (χ2n) is 8.08. The second-order valence-corrected chi connectivity index (χ2v) is 9.17. The quantitative estimate of drug-likeness (QED) is 0.364. The van der Waals surface area contributed by atoms with Gasteiger partial charge in [-0.15, -0.1) is 11.8 Å². The van der Waals surface area contributed by atoms with Gasteiger partial charge in [0.25, 0.3) is 0 Å². The number of amides is 2. The Morgan fingerprint density at radius 1 is 0.971 bits per heavy atom. The molecule has 3 unspecified atom stereocenters. The van der Waals surface area contributed by atoms with E-state index in [0.717, 1.165) is 28.9 Å². The molecule has 0 aliphatic carbocycles. The fourth-order valence-electron chi connectivity index (χ4n) is 3.79. The molecular weight excluding hydrogens is 448 g/mol. The van der Waals surface area contributed by atoms with Crippen LogP contribution in [0.2, 0.25) is 0 Å². The van der Waals surface area contributed by atoms with Crippen molar-refractivity contribution in [3.05, 3.63) is 95.6 Å². The number of carbonyl (C=O) groups excluding carboxylic acids is 1. The van der Waals surface area contributed by atoms with E-state index >= 15 is 0 Å². The van der Waals surface area contributed by atoms with Crippen LogP contribution in [0.5, 0.6) is 0 Å². The van der Waals surface area contributed by atoms with Gasteiger partial charge >= 0.3 is 6.03 Å². The van der Waals surface area contributed by atoms with Crippen LogP contribution in [0.4, 0.5) is 10.5 Å². The van der Waals surface area contributed by atoms with Crippen LogP contribution in [0.15, 0.2) is 83.8 Å². The Kier molecular flexibility index (Phi) is 8.60. The van der Waals surface area contributed by atoms with Crippen LogP contribution in [-0.2, 0) is 16.1 Å². The van der Waals surface area contributed by atoms with Gasteiger partial charge in [-0.05, 0) is 42.3 Å². The van der Waals surface area contributed by atoms with Gasteiger partial charge in [0, 0.05) is 34.9 Å². The molecule has 0 aromatic heterocycles. The number of rotatable bonds is 8. The topological polar surface area (TPSA) is 79.8 Å². The van der Waals surface area contributed by atoms with Gasteiger partial charge in [0.15, 0.2) is 6.29 Å². The largest absolute Gasteiger partial charge is 0.392 e. The molecular formula is C27H30N2O4S. The summed E-state index contributed by atoms with van der Waals surface area (Å²) in [5.41, 5.74) is 3.54. The number of carbonyl (C=O) groups is 1. The Balaban J connectivity index is 1.49.